The van der Waals surface area contributed by atoms with Crippen LogP contribution in [0.25, 0.3) is 10.2 Å². The van der Waals surface area contributed by atoms with Crippen LogP contribution < -0.4 is 4.90 Å². The number of thiazole rings is 1. The molecule has 10 heteroatoms. The molecule has 1 aliphatic rings. The van der Waals surface area contributed by atoms with E-state index in [9.17, 15) is 13.2 Å². The molecule has 3 aromatic rings. The maximum absolute atomic E-state index is 13.7. The first kappa shape index (κ1) is 27.2. The van der Waals surface area contributed by atoms with Gasteiger partial charge in [-0.1, -0.05) is 48.0 Å². The summed E-state index contributed by atoms with van der Waals surface area (Å²) in [5, 5.41) is 0.638. The molecule has 1 fully saturated rings. The zero-order valence-electron chi connectivity index (χ0n) is 21.0. The summed E-state index contributed by atoms with van der Waals surface area (Å²) in [6, 6.07) is 12.2. The molecule has 0 unspecified atom stereocenters. The lowest BCUT2D eigenvalue weighted by Crippen LogP contribution is -2.39. The van der Waals surface area contributed by atoms with Crippen LogP contribution in [0.1, 0.15) is 44.0 Å². The summed E-state index contributed by atoms with van der Waals surface area (Å²) in [5.41, 5.74) is 1.29. The van der Waals surface area contributed by atoms with E-state index < -0.39 is 10.0 Å². The number of aromatic nitrogens is 1. The van der Waals surface area contributed by atoms with Crippen molar-refractivity contribution in [2.24, 2.45) is 5.92 Å². The fourth-order valence-electron chi connectivity index (χ4n) is 4.37. The van der Waals surface area contributed by atoms with Crippen molar-refractivity contribution >= 4 is 58.5 Å². The molecule has 0 bridgehead atoms. The van der Waals surface area contributed by atoms with Gasteiger partial charge in [0.15, 0.2) is 5.13 Å². The van der Waals surface area contributed by atoms with Gasteiger partial charge in [0, 0.05) is 36.2 Å². The Labute approximate surface area is 226 Å². The number of anilines is 1. The number of nitrogens with zero attached hydrogens (tertiary/aromatic N) is 4. The van der Waals surface area contributed by atoms with Gasteiger partial charge in [-0.2, -0.15) is 4.31 Å². The SMILES string of the molecule is CCN(CC)CCN(C(=O)c1ccc(S(=O)(=O)N2CCC(C)CC2)cc1)c1nc2ccc(Br)cc2s1. The molecule has 0 atom stereocenters. The minimum absolute atomic E-state index is 0.184. The van der Waals surface area contributed by atoms with Crippen molar-refractivity contribution in [2.45, 2.75) is 38.5 Å². The highest BCUT2D eigenvalue weighted by Gasteiger charge is 2.29. The van der Waals surface area contributed by atoms with E-state index in [0.29, 0.717) is 36.2 Å². The van der Waals surface area contributed by atoms with Crippen LogP contribution in [0.4, 0.5) is 5.13 Å². The van der Waals surface area contributed by atoms with Crippen LogP contribution in [0.5, 0.6) is 0 Å². The molecule has 36 heavy (non-hydrogen) atoms. The van der Waals surface area contributed by atoms with Crippen molar-refractivity contribution in [2.75, 3.05) is 44.2 Å². The van der Waals surface area contributed by atoms with Crippen molar-refractivity contribution < 1.29 is 13.2 Å². The van der Waals surface area contributed by atoms with Crippen molar-refractivity contribution in [1.29, 1.82) is 0 Å². The first-order valence-electron chi connectivity index (χ1n) is 12.4. The number of likely N-dealkylation sites (N-methyl/N-ethyl adjacent to an activating group) is 1. The lowest BCUT2D eigenvalue weighted by Gasteiger charge is -2.29. The average molecular weight is 594 g/mol. The molecule has 2 heterocycles. The number of hydrogen-bond donors (Lipinski definition) is 0. The third-order valence-corrected chi connectivity index (χ3v) is 10.3. The molecule has 0 spiro atoms. The van der Waals surface area contributed by atoms with Gasteiger partial charge < -0.3 is 4.90 Å². The highest BCUT2D eigenvalue weighted by atomic mass is 79.9. The Bertz CT molecular complexity index is 1300. The summed E-state index contributed by atoms with van der Waals surface area (Å²) in [6.07, 6.45) is 1.74. The van der Waals surface area contributed by atoms with E-state index in [0.717, 1.165) is 47.2 Å². The van der Waals surface area contributed by atoms with Crippen LogP contribution in [-0.2, 0) is 10.0 Å². The molecule has 1 aromatic heterocycles. The molecule has 194 valence electrons. The second-order valence-electron chi connectivity index (χ2n) is 9.20. The number of fused-ring (bicyclic) bond motifs is 1. The van der Waals surface area contributed by atoms with Gasteiger partial charge in [-0.25, -0.2) is 13.4 Å². The van der Waals surface area contributed by atoms with E-state index in [2.05, 4.69) is 41.6 Å². The second kappa shape index (κ2) is 11.7. The maximum atomic E-state index is 13.7. The van der Waals surface area contributed by atoms with Crippen LogP contribution >= 0.6 is 27.3 Å². The molecule has 2 aromatic carbocycles. The Morgan fingerprint density at radius 2 is 1.75 bits per heavy atom. The van der Waals surface area contributed by atoms with E-state index >= 15 is 0 Å². The third-order valence-electron chi connectivity index (χ3n) is 6.83. The van der Waals surface area contributed by atoms with E-state index in [1.807, 2.05) is 18.2 Å². The number of carbonyl (C=O) groups is 1. The molecule has 1 saturated heterocycles. The van der Waals surface area contributed by atoms with Crippen LogP contribution in [0.15, 0.2) is 51.8 Å². The minimum Gasteiger partial charge on any atom is -0.302 e. The number of rotatable bonds is 9. The molecule has 1 amide bonds. The van der Waals surface area contributed by atoms with Crippen molar-refractivity contribution in [3.63, 3.8) is 0 Å². The molecule has 7 nitrogen and oxygen atoms in total. The van der Waals surface area contributed by atoms with Crippen LogP contribution in [-0.4, -0.2) is 67.8 Å². The van der Waals surface area contributed by atoms with Crippen molar-refractivity contribution in [1.82, 2.24) is 14.2 Å². The molecule has 1 aliphatic heterocycles. The first-order chi connectivity index (χ1) is 17.2. The summed E-state index contributed by atoms with van der Waals surface area (Å²) in [4.78, 5) is 22.6. The van der Waals surface area contributed by atoms with Gasteiger partial charge in [0.05, 0.1) is 15.1 Å². The largest absolute Gasteiger partial charge is 0.302 e. The number of piperidine rings is 1. The Balaban J connectivity index is 1.60. The lowest BCUT2D eigenvalue weighted by molar-refractivity contribution is 0.0983. The van der Waals surface area contributed by atoms with Gasteiger partial charge in [-0.05, 0) is 74.3 Å². The van der Waals surface area contributed by atoms with E-state index in [-0.39, 0.29) is 10.8 Å². The fourth-order valence-corrected chi connectivity index (χ4v) is 7.38. The molecule has 0 saturated carbocycles. The Hall–Kier alpha value is -1.85. The number of carbonyl (C=O) groups excluding carboxylic acids is 1. The topological polar surface area (TPSA) is 73.8 Å². The second-order valence-corrected chi connectivity index (χ2v) is 13.1. The summed E-state index contributed by atoms with van der Waals surface area (Å²) in [6.45, 7) is 10.4. The van der Waals surface area contributed by atoms with Gasteiger partial charge in [-0.15, -0.1) is 0 Å². The predicted molar refractivity (Wildman–Crippen MR) is 150 cm³/mol. The van der Waals surface area contributed by atoms with E-state index in [1.54, 1.807) is 33.5 Å². The number of benzene rings is 2. The highest BCUT2D eigenvalue weighted by molar-refractivity contribution is 9.10. The van der Waals surface area contributed by atoms with Crippen molar-refractivity contribution in [3.05, 3.63) is 52.5 Å². The Morgan fingerprint density at radius 1 is 1.08 bits per heavy atom. The smallest absolute Gasteiger partial charge is 0.260 e. The fraction of sp³-hybridized carbons (Fsp3) is 0.462. The minimum atomic E-state index is -3.56. The zero-order chi connectivity index (χ0) is 25.9. The Morgan fingerprint density at radius 3 is 2.39 bits per heavy atom. The normalized spacial score (nSPS) is 15.6. The van der Waals surface area contributed by atoms with Gasteiger partial charge in [0.2, 0.25) is 10.0 Å². The van der Waals surface area contributed by atoms with E-state index in [1.165, 1.54) is 11.3 Å². The maximum Gasteiger partial charge on any atom is 0.260 e. The van der Waals surface area contributed by atoms with Crippen LogP contribution in [0.2, 0.25) is 0 Å². The quantitative estimate of drug-likeness (QED) is 0.329. The Kier molecular flexibility index (Phi) is 8.83. The number of amides is 1. The standard InChI is InChI=1S/C26H33BrN4O3S2/c1-4-29(5-2)16-17-31(26-28-23-11-8-21(27)18-24(23)35-26)25(32)20-6-9-22(10-7-20)36(33,34)30-14-12-19(3)13-15-30/h6-11,18-19H,4-5,12-17H2,1-3H3. The number of hydrogen-bond acceptors (Lipinski definition) is 6. The lowest BCUT2D eigenvalue weighted by atomic mass is 10.0. The molecule has 0 aliphatic carbocycles. The van der Waals surface area contributed by atoms with Gasteiger partial charge >= 0.3 is 0 Å². The molecule has 0 radical (unpaired) electrons. The summed E-state index contributed by atoms with van der Waals surface area (Å²) in [5.74, 6) is 0.360. The number of sulfonamides is 1. The van der Waals surface area contributed by atoms with Gasteiger partial charge in [0.1, 0.15) is 0 Å². The first-order valence-corrected chi connectivity index (χ1v) is 15.5. The summed E-state index contributed by atoms with van der Waals surface area (Å²) < 4.78 is 29.7. The highest BCUT2D eigenvalue weighted by Crippen LogP contribution is 2.32. The molecule has 4 rings (SSSR count). The summed E-state index contributed by atoms with van der Waals surface area (Å²) >= 11 is 4.98. The van der Waals surface area contributed by atoms with Crippen LogP contribution in [0.3, 0.4) is 0 Å². The number of halogens is 1. The predicted octanol–water partition coefficient (Wildman–Crippen LogP) is 5.47. The average Bonchev–Trinajstić information content (AvgIpc) is 3.29. The van der Waals surface area contributed by atoms with Crippen LogP contribution in [0, 0.1) is 5.92 Å². The van der Waals surface area contributed by atoms with Gasteiger partial charge in [0.25, 0.3) is 5.91 Å². The molecule has 0 N–H and O–H groups in total. The van der Waals surface area contributed by atoms with E-state index in [4.69, 9.17) is 4.98 Å². The summed E-state index contributed by atoms with van der Waals surface area (Å²) in [7, 11) is -3.56. The monoisotopic (exact) mass is 592 g/mol. The zero-order valence-corrected chi connectivity index (χ0v) is 24.2. The third kappa shape index (κ3) is 5.99. The molecular formula is C26H33BrN4O3S2. The van der Waals surface area contributed by atoms with Crippen molar-refractivity contribution in [3.8, 4) is 0 Å². The molecular weight excluding hydrogens is 560 g/mol. The van der Waals surface area contributed by atoms with Gasteiger partial charge in [-0.3, -0.25) is 9.69 Å².